The van der Waals surface area contributed by atoms with Crippen molar-refractivity contribution in [3.63, 3.8) is 0 Å². The molecule has 1 heterocycles. The van der Waals surface area contributed by atoms with E-state index < -0.39 is 17.6 Å². The van der Waals surface area contributed by atoms with Gasteiger partial charge in [0.2, 0.25) is 0 Å². The van der Waals surface area contributed by atoms with Crippen molar-refractivity contribution in [2.24, 2.45) is 23.5 Å². The van der Waals surface area contributed by atoms with Crippen molar-refractivity contribution in [1.82, 2.24) is 4.98 Å². The van der Waals surface area contributed by atoms with Crippen molar-refractivity contribution < 1.29 is 15.0 Å². The first-order valence-corrected chi connectivity index (χ1v) is 9.35. The number of carbonyl (C=O) groups is 1. The second kappa shape index (κ2) is 8.28. The van der Waals surface area contributed by atoms with E-state index >= 15 is 0 Å². The number of aliphatic hydroxyl groups is 1. The van der Waals surface area contributed by atoms with E-state index in [1.807, 2.05) is 26.0 Å². The number of rotatable bonds is 10. The summed E-state index contributed by atoms with van der Waals surface area (Å²) in [5.74, 6) is 0.421. The Bertz CT molecular complexity index is 586. The van der Waals surface area contributed by atoms with Crippen LogP contribution in [0.1, 0.15) is 57.7 Å². The van der Waals surface area contributed by atoms with E-state index in [1.165, 1.54) is 19.3 Å². The van der Waals surface area contributed by atoms with Crippen LogP contribution in [0.4, 0.5) is 0 Å². The largest absolute Gasteiger partial charge is 0.479 e. The molecule has 140 valence electrons. The van der Waals surface area contributed by atoms with Gasteiger partial charge in [0.25, 0.3) is 0 Å². The van der Waals surface area contributed by atoms with E-state index in [-0.39, 0.29) is 12.3 Å². The van der Waals surface area contributed by atoms with Crippen LogP contribution in [0.3, 0.4) is 0 Å². The normalized spacial score (nSPS) is 19.4. The topological polar surface area (TPSA) is 96.4 Å². The average molecular weight is 348 g/mol. The number of carboxylic acid groups (broad SMARTS) is 1. The molecule has 5 nitrogen and oxygen atoms in total. The van der Waals surface area contributed by atoms with Gasteiger partial charge in [-0.2, -0.15) is 0 Å². The van der Waals surface area contributed by atoms with E-state index in [0.29, 0.717) is 18.0 Å². The average Bonchev–Trinajstić information content (AvgIpc) is 3.30. The molecule has 0 radical (unpaired) electrons. The number of nitrogens with zero attached hydrogens (tertiary/aromatic N) is 1. The lowest BCUT2D eigenvalue weighted by Crippen LogP contribution is -2.56. The van der Waals surface area contributed by atoms with E-state index in [0.717, 1.165) is 17.9 Å². The standard InChI is InChI=1S/C20H32N2O3/c1-13(2)8-18(21)20(25,19(23)24)12-17-11-16(6-7-22-17)10-14(3)9-15-4-5-15/h6-7,11,13-15,18,25H,4-5,8-10,12,21H2,1-3H3,(H,23,24)/t14?,18-,20+/m0/s1. The van der Waals surface area contributed by atoms with Crippen molar-refractivity contribution in [3.05, 3.63) is 29.6 Å². The molecule has 1 unspecified atom stereocenters. The van der Waals surface area contributed by atoms with Crippen LogP contribution in [0.2, 0.25) is 0 Å². The molecule has 1 saturated carbocycles. The van der Waals surface area contributed by atoms with Gasteiger partial charge in [-0.25, -0.2) is 4.79 Å². The van der Waals surface area contributed by atoms with Crippen LogP contribution < -0.4 is 5.73 Å². The van der Waals surface area contributed by atoms with Gasteiger partial charge in [-0.05, 0) is 54.7 Å². The van der Waals surface area contributed by atoms with Crippen molar-refractivity contribution in [2.45, 2.75) is 70.9 Å². The fourth-order valence-corrected chi connectivity index (χ4v) is 3.50. The third-order valence-electron chi connectivity index (χ3n) is 5.06. The van der Waals surface area contributed by atoms with Gasteiger partial charge in [0, 0.05) is 24.4 Å². The molecule has 1 aromatic rings. The Labute approximate surface area is 150 Å². The predicted molar refractivity (Wildman–Crippen MR) is 98.2 cm³/mol. The maximum atomic E-state index is 11.7. The van der Waals surface area contributed by atoms with Gasteiger partial charge in [0.1, 0.15) is 0 Å². The summed E-state index contributed by atoms with van der Waals surface area (Å²) in [7, 11) is 0. The van der Waals surface area contributed by atoms with Crippen LogP contribution in [0.15, 0.2) is 18.3 Å². The third kappa shape index (κ3) is 5.79. The molecule has 3 atom stereocenters. The summed E-state index contributed by atoms with van der Waals surface area (Å²) in [6, 6.07) is 3.06. The summed E-state index contributed by atoms with van der Waals surface area (Å²) in [5, 5.41) is 20.2. The number of nitrogens with two attached hydrogens (primary N) is 1. The molecule has 0 saturated heterocycles. The second-order valence-corrected chi connectivity index (χ2v) is 8.29. The zero-order valence-electron chi connectivity index (χ0n) is 15.6. The van der Waals surface area contributed by atoms with Gasteiger partial charge in [-0.15, -0.1) is 0 Å². The van der Waals surface area contributed by atoms with Gasteiger partial charge in [-0.1, -0.05) is 33.6 Å². The lowest BCUT2D eigenvalue weighted by Gasteiger charge is -2.30. The SMILES string of the molecule is CC(C)C[C@H](N)[C@](O)(Cc1cc(CC(C)CC2CC2)ccn1)C(=O)O. The molecule has 0 spiro atoms. The smallest absolute Gasteiger partial charge is 0.337 e. The van der Waals surface area contributed by atoms with Crippen LogP contribution in [-0.2, 0) is 17.6 Å². The van der Waals surface area contributed by atoms with Crippen LogP contribution >= 0.6 is 0 Å². The van der Waals surface area contributed by atoms with Gasteiger partial charge < -0.3 is 15.9 Å². The molecule has 0 bridgehead atoms. The zero-order chi connectivity index (χ0) is 18.6. The summed E-state index contributed by atoms with van der Waals surface area (Å²) in [4.78, 5) is 16.0. The number of hydrogen-bond acceptors (Lipinski definition) is 4. The quantitative estimate of drug-likeness (QED) is 0.604. The lowest BCUT2D eigenvalue weighted by molar-refractivity contribution is -0.161. The molecule has 0 amide bonds. The Morgan fingerprint density at radius 2 is 2.08 bits per heavy atom. The zero-order valence-corrected chi connectivity index (χ0v) is 15.6. The van der Waals surface area contributed by atoms with Crippen LogP contribution in [-0.4, -0.2) is 32.8 Å². The fourth-order valence-electron chi connectivity index (χ4n) is 3.50. The number of carboxylic acids is 1. The molecule has 1 aromatic heterocycles. The Balaban J connectivity index is 2.07. The predicted octanol–water partition coefficient (Wildman–Crippen LogP) is 2.79. The minimum Gasteiger partial charge on any atom is -0.479 e. The van der Waals surface area contributed by atoms with Crippen LogP contribution in [0.25, 0.3) is 0 Å². The van der Waals surface area contributed by atoms with Crippen molar-refractivity contribution in [1.29, 1.82) is 0 Å². The minimum absolute atomic E-state index is 0.0684. The number of aromatic nitrogens is 1. The Morgan fingerprint density at radius 3 is 2.64 bits per heavy atom. The van der Waals surface area contributed by atoms with Crippen LogP contribution in [0.5, 0.6) is 0 Å². The van der Waals surface area contributed by atoms with Crippen molar-refractivity contribution >= 4 is 5.97 Å². The highest BCUT2D eigenvalue weighted by atomic mass is 16.4. The third-order valence-corrected chi connectivity index (χ3v) is 5.06. The highest BCUT2D eigenvalue weighted by Gasteiger charge is 2.43. The highest BCUT2D eigenvalue weighted by molar-refractivity contribution is 5.78. The molecule has 4 N–H and O–H groups in total. The summed E-state index contributed by atoms with van der Waals surface area (Å²) in [5.41, 5.74) is 5.76. The monoisotopic (exact) mass is 348 g/mol. The van der Waals surface area contributed by atoms with E-state index in [1.54, 1.807) is 6.20 Å². The van der Waals surface area contributed by atoms with Crippen LogP contribution in [0, 0.1) is 17.8 Å². The Hall–Kier alpha value is -1.46. The summed E-state index contributed by atoms with van der Waals surface area (Å²) in [6.45, 7) is 6.18. The molecule has 25 heavy (non-hydrogen) atoms. The second-order valence-electron chi connectivity index (χ2n) is 8.29. The Kier molecular flexibility index (Phi) is 6.58. The molecule has 5 heteroatoms. The molecule has 0 aliphatic heterocycles. The first-order valence-electron chi connectivity index (χ1n) is 9.35. The fraction of sp³-hybridized carbons (Fsp3) is 0.700. The van der Waals surface area contributed by atoms with Gasteiger partial charge in [-0.3, -0.25) is 4.98 Å². The maximum Gasteiger partial charge on any atom is 0.337 e. The van der Waals surface area contributed by atoms with Gasteiger partial charge >= 0.3 is 5.97 Å². The Morgan fingerprint density at radius 1 is 1.40 bits per heavy atom. The van der Waals surface area contributed by atoms with Gasteiger partial charge in [0.05, 0.1) is 0 Å². The van der Waals surface area contributed by atoms with Crippen molar-refractivity contribution in [2.75, 3.05) is 0 Å². The maximum absolute atomic E-state index is 11.7. The molecule has 2 rings (SSSR count). The molecular formula is C20H32N2O3. The molecule has 0 aromatic carbocycles. The van der Waals surface area contributed by atoms with E-state index in [4.69, 9.17) is 5.73 Å². The summed E-state index contributed by atoms with van der Waals surface area (Å²) >= 11 is 0. The first-order chi connectivity index (χ1) is 11.7. The summed E-state index contributed by atoms with van der Waals surface area (Å²) < 4.78 is 0. The molecule has 1 aliphatic carbocycles. The van der Waals surface area contributed by atoms with E-state index in [9.17, 15) is 15.0 Å². The molecule has 1 fully saturated rings. The molecular weight excluding hydrogens is 316 g/mol. The number of pyridine rings is 1. The molecule has 1 aliphatic rings. The lowest BCUT2D eigenvalue weighted by atomic mass is 9.84. The first kappa shape index (κ1) is 19.9. The van der Waals surface area contributed by atoms with E-state index in [2.05, 4.69) is 11.9 Å². The van der Waals surface area contributed by atoms with Gasteiger partial charge in [0.15, 0.2) is 5.60 Å². The van der Waals surface area contributed by atoms with Crippen molar-refractivity contribution in [3.8, 4) is 0 Å². The number of hydrogen-bond donors (Lipinski definition) is 3. The summed E-state index contributed by atoms with van der Waals surface area (Å²) in [6.07, 6.45) is 6.98. The highest BCUT2D eigenvalue weighted by Crippen LogP contribution is 2.36. The minimum atomic E-state index is -1.99. The number of aliphatic carboxylic acids is 1.